The van der Waals surface area contributed by atoms with Gasteiger partial charge < -0.3 is 14.2 Å². The molecule has 3 aromatic rings. The normalized spacial score (nSPS) is 11.3. The van der Waals surface area contributed by atoms with Crippen LogP contribution in [0, 0.1) is 5.82 Å². The van der Waals surface area contributed by atoms with Crippen LogP contribution >= 0.6 is 11.3 Å². The molecular formula is C19H10F4O5S. The summed E-state index contributed by atoms with van der Waals surface area (Å²) in [7, 11) is 0. The molecule has 0 aliphatic rings. The fourth-order valence-electron chi connectivity index (χ4n) is 2.48. The van der Waals surface area contributed by atoms with Crippen LogP contribution in [0.2, 0.25) is 0 Å². The lowest BCUT2D eigenvalue weighted by Crippen LogP contribution is -2.18. The van der Waals surface area contributed by atoms with Gasteiger partial charge in [-0.2, -0.15) is 0 Å². The van der Waals surface area contributed by atoms with Crippen molar-refractivity contribution in [2.24, 2.45) is 0 Å². The maximum absolute atomic E-state index is 14.8. The monoisotopic (exact) mass is 426 g/mol. The van der Waals surface area contributed by atoms with Gasteiger partial charge in [-0.05, 0) is 24.3 Å². The van der Waals surface area contributed by atoms with E-state index in [-0.39, 0.29) is 20.2 Å². The molecule has 150 valence electrons. The summed E-state index contributed by atoms with van der Waals surface area (Å²) < 4.78 is 67.0. The Kier molecular flexibility index (Phi) is 5.29. The molecular weight excluding hydrogens is 416 g/mol. The molecule has 5 nitrogen and oxygen atoms in total. The summed E-state index contributed by atoms with van der Waals surface area (Å²) in [6.45, 7) is 6.38. The van der Waals surface area contributed by atoms with Crippen LogP contribution in [0.4, 0.5) is 17.6 Å². The molecule has 0 radical (unpaired) electrons. The number of hydrogen-bond acceptors (Lipinski definition) is 6. The van der Waals surface area contributed by atoms with Crippen molar-refractivity contribution in [2.75, 3.05) is 0 Å². The lowest BCUT2D eigenvalue weighted by atomic mass is 10.1. The van der Waals surface area contributed by atoms with Gasteiger partial charge >= 0.3 is 18.3 Å². The van der Waals surface area contributed by atoms with Crippen LogP contribution in [-0.4, -0.2) is 18.3 Å². The van der Waals surface area contributed by atoms with E-state index in [1.54, 1.807) is 0 Å². The third-order valence-corrected chi connectivity index (χ3v) is 4.82. The Hall–Kier alpha value is -3.40. The SMILES string of the molecule is C=CC(=O)Oc1ccc2c(sc3c(OC(F)(F)F)c(OC(=O)C=C)ccc32)c1F. The zero-order valence-electron chi connectivity index (χ0n) is 14.3. The second-order valence-corrected chi connectivity index (χ2v) is 6.44. The van der Waals surface area contributed by atoms with Crippen LogP contribution in [0.1, 0.15) is 0 Å². The topological polar surface area (TPSA) is 61.8 Å². The third kappa shape index (κ3) is 4.06. The molecule has 2 aromatic carbocycles. The number of alkyl halides is 3. The Morgan fingerprint density at radius 2 is 1.41 bits per heavy atom. The van der Waals surface area contributed by atoms with E-state index in [1.807, 2.05) is 0 Å². The molecule has 0 atom stereocenters. The van der Waals surface area contributed by atoms with Crippen LogP contribution in [0.3, 0.4) is 0 Å². The number of fused-ring (bicyclic) bond motifs is 3. The molecule has 0 N–H and O–H groups in total. The molecule has 0 fully saturated rings. The number of halogens is 4. The molecule has 0 saturated heterocycles. The van der Waals surface area contributed by atoms with Gasteiger partial charge in [0.15, 0.2) is 23.1 Å². The number of esters is 2. The minimum atomic E-state index is -5.09. The number of carbonyl (C=O) groups excluding carboxylic acids is 2. The quantitative estimate of drug-likeness (QED) is 0.241. The molecule has 29 heavy (non-hydrogen) atoms. The molecule has 1 aromatic heterocycles. The standard InChI is InChI=1S/C19H10F4O5S/c1-3-13(24)26-11-7-5-9-10-6-8-12(27-14(25)4-2)16(28-19(21,22)23)18(10)29-17(9)15(11)20/h3-8H,1-2H2. The molecule has 0 aliphatic carbocycles. The minimum absolute atomic E-state index is 0.0754. The number of ether oxygens (including phenoxy) is 3. The number of carbonyl (C=O) groups is 2. The van der Waals surface area contributed by atoms with Crippen molar-refractivity contribution in [2.45, 2.75) is 6.36 Å². The van der Waals surface area contributed by atoms with Gasteiger partial charge in [0.05, 0.1) is 9.40 Å². The fourth-order valence-corrected chi connectivity index (χ4v) is 3.69. The number of benzene rings is 2. The molecule has 0 unspecified atom stereocenters. The predicted octanol–water partition coefficient (Wildman–Crippen LogP) is 5.28. The summed E-state index contributed by atoms with van der Waals surface area (Å²) in [4.78, 5) is 22.8. The zero-order valence-corrected chi connectivity index (χ0v) is 15.2. The van der Waals surface area contributed by atoms with Crippen LogP contribution in [0.25, 0.3) is 20.2 Å². The van der Waals surface area contributed by atoms with Crippen molar-refractivity contribution in [3.8, 4) is 17.2 Å². The Morgan fingerprint density at radius 3 is 1.97 bits per heavy atom. The summed E-state index contributed by atoms with van der Waals surface area (Å²) in [5, 5.41) is 0.484. The Labute approximate surface area is 164 Å². The molecule has 1 heterocycles. The Balaban J connectivity index is 2.26. The van der Waals surface area contributed by atoms with Crippen molar-refractivity contribution in [3.05, 3.63) is 55.4 Å². The predicted molar refractivity (Wildman–Crippen MR) is 97.6 cm³/mol. The first-order valence-corrected chi connectivity index (χ1v) is 8.58. The van der Waals surface area contributed by atoms with Crippen molar-refractivity contribution >= 4 is 43.4 Å². The van der Waals surface area contributed by atoms with Crippen molar-refractivity contribution < 1.29 is 41.4 Å². The van der Waals surface area contributed by atoms with Crippen LogP contribution in [-0.2, 0) is 9.59 Å². The van der Waals surface area contributed by atoms with E-state index in [1.165, 1.54) is 18.2 Å². The summed E-state index contributed by atoms with van der Waals surface area (Å²) in [6, 6.07) is 5.01. The highest BCUT2D eigenvalue weighted by atomic mass is 32.1. The van der Waals surface area contributed by atoms with E-state index in [9.17, 15) is 27.2 Å². The second kappa shape index (κ2) is 7.55. The van der Waals surface area contributed by atoms with E-state index < -0.39 is 41.4 Å². The van der Waals surface area contributed by atoms with Gasteiger partial charge in [-0.15, -0.1) is 24.5 Å². The van der Waals surface area contributed by atoms with Gasteiger partial charge in [0.25, 0.3) is 0 Å². The second-order valence-electron chi connectivity index (χ2n) is 5.42. The summed E-state index contributed by atoms with van der Waals surface area (Å²) in [5.74, 6) is -4.56. The van der Waals surface area contributed by atoms with Gasteiger partial charge in [-0.1, -0.05) is 13.2 Å². The maximum Gasteiger partial charge on any atom is 0.573 e. The van der Waals surface area contributed by atoms with Crippen molar-refractivity contribution in [1.82, 2.24) is 0 Å². The molecule has 0 aliphatic heterocycles. The summed E-state index contributed by atoms with van der Waals surface area (Å²) >= 11 is 0.619. The van der Waals surface area contributed by atoms with Crippen LogP contribution in [0.5, 0.6) is 17.2 Å². The number of rotatable bonds is 5. The lowest BCUT2D eigenvalue weighted by Gasteiger charge is -2.13. The van der Waals surface area contributed by atoms with Gasteiger partial charge in [0.1, 0.15) is 0 Å². The molecule has 0 bridgehead atoms. The fraction of sp³-hybridized carbons (Fsp3) is 0.0526. The molecule has 0 amide bonds. The largest absolute Gasteiger partial charge is 0.573 e. The highest BCUT2D eigenvalue weighted by molar-refractivity contribution is 7.26. The highest BCUT2D eigenvalue weighted by Crippen LogP contribution is 2.47. The Morgan fingerprint density at radius 1 is 0.897 bits per heavy atom. The number of thiophene rings is 1. The van der Waals surface area contributed by atoms with Crippen LogP contribution < -0.4 is 14.2 Å². The minimum Gasteiger partial charge on any atom is -0.420 e. The van der Waals surface area contributed by atoms with Gasteiger partial charge in [0.2, 0.25) is 0 Å². The first-order chi connectivity index (χ1) is 13.6. The summed E-state index contributed by atoms with van der Waals surface area (Å²) in [5.41, 5.74) is 0. The van der Waals surface area contributed by atoms with Gasteiger partial charge in [-0.25, -0.2) is 14.0 Å². The zero-order chi connectivity index (χ0) is 21.3. The third-order valence-electron chi connectivity index (χ3n) is 3.60. The lowest BCUT2D eigenvalue weighted by molar-refractivity contribution is -0.274. The van der Waals surface area contributed by atoms with E-state index >= 15 is 0 Å². The first-order valence-electron chi connectivity index (χ1n) is 7.76. The Bertz CT molecular complexity index is 1160. The molecule has 0 saturated carbocycles. The first kappa shape index (κ1) is 20.3. The smallest absolute Gasteiger partial charge is 0.420 e. The van der Waals surface area contributed by atoms with Crippen molar-refractivity contribution in [1.29, 1.82) is 0 Å². The van der Waals surface area contributed by atoms with E-state index in [4.69, 9.17) is 9.47 Å². The average Bonchev–Trinajstić information content (AvgIpc) is 3.04. The van der Waals surface area contributed by atoms with E-state index in [0.29, 0.717) is 11.3 Å². The highest BCUT2D eigenvalue weighted by Gasteiger charge is 2.34. The van der Waals surface area contributed by atoms with Gasteiger partial charge in [-0.3, -0.25) is 0 Å². The van der Waals surface area contributed by atoms with Crippen molar-refractivity contribution in [3.63, 3.8) is 0 Å². The summed E-state index contributed by atoms with van der Waals surface area (Å²) in [6.07, 6.45) is -3.49. The number of hydrogen-bond donors (Lipinski definition) is 0. The van der Waals surface area contributed by atoms with Crippen LogP contribution in [0.15, 0.2) is 49.6 Å². The molecule has 3 rings (SSSR count). The van der Waals surface area contributed by atoms with Gasteiger partial charge in [0, 0.05) is 22.9 Å². The van der Waals surface area contributed by atoms with E-state index in [0.717, 1.165) is 18.2 Å². The van der Waals surface area contributed by atoms with E-state index in [2.05, 4.69) is 17.9 Å². The molecule has 0 spiro atoms. The molecule has 10 heteroatoms. The maximum atomic E-state index is 14.8. The average molecular weight is 426 g/mol.